The van der Waals surface area contributed by atoms with Crippen molar-refractivity contribution in [3.05, 3.63) is 97.2 Å². The predicted molar refractivity (Wildman–Crippen MR) is 325 cm³/mol. The molecule has 430 valence electrons. The molecule has 0 aliphatic carbocycles. The number of carbonyl (C=O) groups is 3. The third-order valence-electron chi connectivity index (χ3n) is 13.5. The monoisotopic (exact) mass is 1040 g/mol. The van der Waals surface area contributed by atoms with Crippen molar-refractivity contribution >= 4 is 17.9 Å². The Morgan fingerprint density at radius 3 is 0.853 bits per heavy atom. The molecule has 0 amide bonds. The van der Waals surface area contributed by atoms with Gasteiger partial charge >= 0.3 is 17.9 Å². The van der Waals surface area contributed by atoms with Gasteiger partial charge < -0.3 is 14.2 Å². The van der Waals surface area contributed by atoms with Gasteiger partial charge in [0.05, 0.1) is 0 Å². The van der Waals surface area contributed by atoms with Gasteiger partial charge in [0.2, 0.25) is 0 Å². The van der Waals surface area contributed by atoms with Gasteiger partial charge in [-0.1, -0.05) is 259 Å². The van der Waals surface area contributed by atoms with Crippen molar-refractivity contribution in [1.29, 1.82) is 0 Å². The highest BCUT2D eigenvalue weighted by Crippen LogP contribution is 2.16. The highest BCUT2D eigenvalue weighted by Gasteiger charge is 2.19. The zero-order valence-corrected chi connectivity index (χ0v) is 49.3. The fourth-order valence-corrected chi connectivity index (χ4v) is 8.79. The number of hydrogen-bond acceptors (Lipinski definition) is 6. The van der Waals surface area contributed by atoms with Crippen LogP contribution in [0.15, 0.2) is 97.2 Å². The summed E-state index contributed by atoms with van der Waals surface area (Å²) in [4.78, 5) is 38.2. The molecule has 6 heteroatoms. The molecule has 1 atom stereocenters. The largest absolute Gasteiger partial charge is 0.462 e. The first-order chi connectivity index (χ1) is 37.0. The molecule has 0 aliphatic heterocycles. The number of esters is 3. The third kappa shape index (κ3) is 61.1. The van der Waals surface area contributed by atoms with Crippen LogP contribution >= 0.6 is 0 Å². The molecule has 0 spiro atoms. The van der Waals surface area contributed by atoms with Gasteiger partial charge in [-0.05, 0) is 122 Å². The molecule has 0 aromatic carbocycles. The molecule has 0 saturated heterocycles. The van der Waals surface area contributed by atoms with E-state index in [0.29, 0.717) is 19.3 Å². The Bertz CT molecular complexity index is 1480. The van der Waals surface area contributed by atoms with Gasteiger partial charge in [0.15, 0.2) is 6.10 Å². The normalized spacial score (nSPS) is 12.7. The molecule has 75 heavy (non-hydrogen) atoms. The lowest BCUT2D eigenvalue weighted by molar-refractivity contribution is -0.167. The first-order valence-corrected chi connectivity index (χ1v) is 31.7. The number of allylic oxidation sites excluding steroid dienone is 16. The van der Waals surface area contributed by atoms with E-state index < -0.39 is 6.10 Å². The second kappa shape index (κ2) is 62.9. The van der Waals surface area contributed by atoms with Crippen LogP contribution in [-0.2, 0) is 28.6 Å². The summed E-state index contributed by atoms with van der Waals surface area (Å²) in [6, 6.07) is 0. The van der Waals surface area contributed by atoms with Gasteiger partial charge in [0.1, 0.15) is 13.2 Å². The maximum absolute atomic E-state index is 12.9. The van der Waals surface area contributed by atoms with Gasteiger partial charge in [-0.25, -0.2) is 0 Å². The number of unbranched alkanes of at least 4 members (excludes halogenated alkanes) is 30. The van der Waals surface area contributed by atoms with Crippen LogP contribution in [0.5, 0.6) is 0 Å². The van der Waals surface area contributed by atoms with Crippen molar-refractivity contribution in [3.63, 3.8) is 0 Å². The minimum absolute atomic E-state index is 0.0924. The molecule has 0 bridgehead atoms. The van der Waals surface area contributed by atoms with Gasteiger partial charge in [0, 0.05) is 19.3 Å². The summed E-state index contributed by atoms with van der Waals surface area (Å²) in [5, 5.41) is 0. The molecular weight excluding hydrogens is 925 g/mol. The van der Waals surface area contributed by atoms with Crippen molar-refractivity contribution in [2.75, 3.05) is 13.2 Å². The zero-order valence-electron chi connectivity index (χ0n) is 49.3. The lowest BCUT2D eigenvalue weighted by Crippen LogP contribution is -2.30. The fourth-order valence-electron chi connectivity index (χ4n) is 8.79. The highest BCUT2D eigenvalue weighted by atomic mass is 16.6. The second-order valence-electron chi connectivity index (χ2n) is 20.9. The van der Waals surface area contributed by atoms with Crippen molar-refractivity contribution < 1.29 is 28.6 Å². The number of carbonyl (C=O) groups excluding carboxylic acids is 3. The molecule has 0 aromatic heterocycles. The Morgan fingerprint density at radius 2 is 0.520 bits per heavy atom. The van der Waals surface area contributed by atoms with Crippen LogP contribution in [0, 0.1) is 0 Å². The average molecular weight is 1040 g/mol. The quantitative estimate of drug-likeness (QED) is 0.0261. The van der Waals surface area contributed by atoms with Crippen LogP contribution in [0.4, 0.5) is 0 Å². The van der Waals surface area contributed by atoms with Gasteiger partial charge in [-0.3, -0.25) is 14.4 Å². The summed E-state index contributed by atoms with van der Waals surface area (Å²) in [5.41, 5.74) is 0. The van der Waals surface area contributed by atoms with E-state index in [4.69, 9.17) is 14.2 Å². The van der Waals surface area contributed by atoms with E-state index in [0.717, 1.165) is 122 Å². The SMILES string of the molecule is CC/C=C\C/C=C\C/C=C\CCCCCC(=O)OCC(COC(=O)CCCCCCCCCCCCCCCC/C=C\C/C=C\C/C=C\CCCCCCC)OC(=O)CCCCCCC/C=C\C/C=C\CCCCC. The molecule has 1 unspecified atom stereocenters. The van der Waals surface area contributed by atoms with Gasteiger partial charge in [-0.15, -0.1) is 0 Å². The lowest BCUT2D eigenvalue weighted by Gasteiger charge is -2.18. The molecule has 0 rings (SSSR count). The van der Waals surface area contributed by atoms with Crippen molar-refractivity contribution in [3.8, 4) is 0 Å². The lowest BCUT2D eigenvalue weighted by atomic mass is 10.0. The summed E-state index contributed by atoms with van der Waals surface area (Å²) in [6.45, 7) is 6.47. The van der Waals surface area contributed by atoms with Crippen LogP contribution in [-0.4, -0.2) is 37.2 Å². The minimum atomic E-state index is -0.798. The van der Waals surface area contributed by atoms with Crippen LogP contribution in [0.3, 0.4) is 0 Å². The van der Waals surface area contributed by atoms with Gasteiger partial charge in [-0.2, -0.15) is 0 Å². The molecule has 0 saturated carbocycles. The van der Waals surface area contributed by atoms with Crippen LogP contribution in [0.2, 0.25) is 0 Å². The Kier molecular flexibility index (Phi) is 59.8. The van der Waals surface area contributed by atoms with E-state index >= 15 is 0 Å². The topological polar surface area (TPSA) is 78.9 Å². The summed E-state index contributed by atoms with van der Waals surface area (Å²) in [7, 11) is 0. The summed E-state index contributed by atoms with van der Waals surface area (Å²) in [5.74, 6) is -0.931. The van der Waals surface area contributed by atoms with E-state index in [9.17, 15) is 14.4 Å². The number of hydrogen-bond donors (Lipinski definition) is 0. The molecule has 6 nitrogen and oxygen atoms in total. The fraction of sp³-hybridized carbons (Fsp3) is 0.725. The summed E-state index contributed by atoms with van der Waals surface area (Å²) >= 11 is 0. The van der Waals surface area contributed by atoms with Crippen molar-refractivity contribution in [1.82, 2.24) is 0 Å². The van der Waals surface area contributed by atoms with E-state index in [-0.39, 0.29) is 31.1 Å². The minimum Gasteiger partial charge on any atom is -0.462 e. The Morgan fingerprint density at radius 1 is 0.280 bits per heavy atom. The predicted octanol–water partition coefficient (Wildman–Crippen LogP) is 21.7. The highest BCUT2D eigenvalue weighted by molar-refractivity contribution is 5.71. The second-order valence-corrected chi connectivity index (χ2v) is 20.9. The first-order valence-electron chi connectivity index (χ1n) is 31.7. The molecule has 0 heterocycles. The first kappa shape index (κ1) is 71.3. The van der Waals surface area contributed by atoms with Crippen molar-refractivity contribution in [2.45, 2.75) is 309 Å². The molecule has 0 aliphatic rings. The zero-order chi connectivity index (χ0) is 54.3. The number of rotatable bonds is 57. The average Bonchev–Trinajstić information content (AvgIpc) is 3.41. The molecular formula is C69H118O6. The van der Waals surface area contributed by atoms with E-state index in [1.54, 1.807) is 0 Å². The maximum Gasteiger partial charge on any atom is 0.306 e. The van der Waals surface area contributed by atoms with E-state index in [1.165, 1.54) is 141 Å². The molecule has 0 fully saturated rings. The Hall–Kier alpha value is -3.67. The molecule has 0 aromatic rings. The van der Waals surface area contributed by atoms with Crippen molar-refractivity contribution in [2.24, 2.45) is 0 Å². The van der Waals surface area contributed by atoms with Gasteiger partial charge in [0.25, 0.3) is 0 Å². The maximum atomic E-state index is 12.9. The Labute approximate surface area is 464 Å². The summed E-state index contributed by atoms with van der Waals surface area (Å²) in [6.07, 6.45) is 84.2. The van der Waals surface area contributed by atoms with E-state index in [1.807, 2.05) is 0 Å². The Balaban J connectivity index is 4.25. The van der Waals surface area contributed by atoms with E-state index in [2.05, 4.69) is 118 Å². The molecule has 0 radical (unpaired) electrons. The number of ether oxygens (including phenoxy) is 3. The van der Waals surface area contributed by atoms with Crippen LogP contribution in [0.25, 0.3) is 0 Å². The standard InChI is InChI=1S/C69H118O6/c1-4-7-10-13-16-19-22-25-27-28-29-30-31-32-33-34-35-36-37-38-39-40-42-44-47-50-53-56-59-62-68(71)74-65-66(64-73-67(70)61-58-55-52-49-46-43-24-21-18-15-12-9-6-3)75-69(72)63-60-57-54-51-48-45-41-26-23-20-17-14-11-8-5-2/h9,12,17-18,20-22,25-26,28-29,31-32,41,43,46,66H,4-8,10-11,13-16,19,23-24,27,30,33-40,42,44-45,47-65H2,1-3H3/b12-9-,20-17-,21-18-,25-22-,29-28-,32-31-,41-26-,46-43-. The third-order valence-corrected chi connectivity index (χ3v) is 13.5. The summed E-state index contributed by atoms with van der Waals surface area (Å²) < 4.78 is 16.9. The smallest absolute Gasteiger partial charge is 0.306 e. The van der Waals surface area contributed by atoms with Crippen LogP contribution < -0.4 is 0 Å². The molecule has 0 N–H and O–H groups in total. The van der Waals surface area contributed by atoms with Crippen LogP contribution in [0.1, 0.15) is 303 Å².